The second-order valence-corrected chi connectivity index (χ2v) is 7.31. The summed E-state index contributed by atoms with van der Waals surface area (Å²) in [6, 6.07) is 11.2. The van der Waals surface area contributed by atoms with E-state index >= 15 is 0 Å². The normalized spacial score (nSPS) is 16.1. The molecule has 0 aliphatic carbocycles. The van der Waals surface area contributed by atoms with Gasteiger partial charge < -0.3 is 15.4 Å². The number of nitrogens with one attached hydrogen (secondary N) is 2. The fourth-order valence-corrected chi connectivity index (χ4v) is 3.64. The largest absolute Gasteiger partial charge is 0.376 e. The number of carbonyl (C=O) groups excluding carboxylic acids is 2. The van der Waals surface area contributed by atoms with Crippen molar-refractivity contribution in [1.29, 1.82) is 0 Å². The third kappa shape index (κ3) is 3.86. The van der Waals surface area contributed by atoms with E-state index < -0.39 is 0 Å². The maximum atomic E-state index is 13.0. The number of nitrogens with zero attached hydrogens (tertiary/aromatic N) is 2. The summed E-state index contributed by atoms with van der Waals surface area (Å²) in [5, 5.41) is 5.82. The van der Waals surface area contributed by atoms with Crippen LogP contribution in [0.2, 0.25) is 0 Å². The van der Waals surface area contributed by atoms with Crippen LogP contribution in [0.1, 0.15) is 45.1 Å². The number of benzene rings is 1. The van der Waals surface area contributed by atoms with Gasteiger partial charge in [-0.2, -0.15) is 0 Å². The van der Waals surface area contributed by atoms with Crippen LogP contribution in [0.15, 0.2) is 42.6 Å². The first-order valence-electron chi connectivity index (χ1n) is 9.79. The van der Waals surface area contributed by atoms with Gasteiger partial charge in [-0.05, 0) is 49.9 Å². The van der Waals surface area contributed by atoms with E-state index in [-0.39, 0.29) is 29.4 Å². The molecule has 1 saturated heterocycles. The molecule has 1 aromatic carbocycles. The fourth-order valence-electron chi connectivity index (χ4n) is 3.64. The molecule has 2 amide bonds. The quantitative estimate of drug-likeness (QED) is 0.699. The van der Waals surface area contributed by atoms with Crippen LogP contribution in [0.4, 0.5) is 5.69 Å². The Labute approximate surface area is 169 Å². The van der Waals surface area contributed by atoms with Crippen LogP contribution in [0.3, 0.4) is 0 Å². The Hall–Kier alpha value is -3.19. The van der Waals surface area contributed by atoms with E-state index in [1.54, 1.807) is 22.7 Å². The zero-order valence-corrected chi connectivity index (χ0v) is 16.6. The SMILES string of the molecule is Cc1cccc(C)c1NC(=O)c1nc(C(=O)NCC2CCCO2)c2ccccn12. The van der Waals surface area contributed by atoms with E-state index in [1.165, 1.54) is 0 Å². The molecule has 2 aromatic heterocycles. The molecule has 7 nitrogen and oxygen atoms in total. The van der Waals surface area contributed by atoms with Crippen molar-refractivity contribution in [3.05, 3.63) is 65.2 Å². The van der Waals surface area contributed by atoms with Crippen molar-refractivity contribution in [3.8, 4) is 0 Å². The van der Waals surface area contributed by atoms with Crippen molar-refractivity contribution in [2.24, 2.45) is 0 Å². The Morgan fingerprint density at radius 1 is 1.14 bits per heavy atom. The van der Waals surface area contributed by atoms with E-state index in [1.807, 2.05) is 38.1 Å². The van der Waals surface area contributed by atoms with Crippen LogP contribution in [0.25, 0.3) is 5.52 Å². The number of aryl methyl sites for hydroxylation is 2. The number of amides is 2. The van der Waals surface area contributed by atoms with Crippen LogP contribution in [0.5, 0.6) is 0 Å². The maximum Gasteiger partial charge on any atom is 0.292 e. The van der Waals surface area contributed by atoms with Gasteiger partial charge in [-0.15, -0.1) is 0 Å². The average Bonchev–Trinajstić information content (AvgIpc) is 3.37. The minimum atomic E-state index is -0.359. The lowest BCUT2D eigenvalue weighted by Gasteiger charge is -2.10. The zero-order chi connectivity index (χ0) is 20.4. The molecule has 1 atom stereocenters. The van der Waals surface area contributed by atoms with Gasteiger partial charge in [0, 0.05) is 25.0 Å². The fraction of sp³-hybridized carbons (Fsp3) is 0.318. The summed E-state index contributed by atoms with van der Waals surface area (Å²) in [7, 11) is 0. The number of rotatable bonds is 5. The lowest BCUT2D eigenvalue weighted by atomic mass is 10.1. The van der Waals surface area contributed by atoms with Crippen molar-refractivity contribution in [2.45, 2.75) is 32.8 Å². The Kier molecular flexibility index (Phi) is 5.31. The number of hydrogen-bond acceptors (Lipinski definition) is 4. The van der Waals surface area contributed by atoms with Crippen LogP contribution in [0, 0.1) is 13.8 Å². The van der Waals surface area contributed by atoms with Crippen LogP contribution in [-0.4, -0.2) is 40.5 Å². The predicted octanol–water partition coefficient (Wildman–Crippen LogP) is 3.11. The first kappa shape index (κ1) is 19.1. The number of fused-ring (bicyclic) bond motifs is 1. The molecule has 2 N–H and O–H groups in total. The number of imidazole rings is 1. The minimum Gasteiger partial charge on any atom is -0.376 e. The molecule has 29 heavy (non-hydrogen) atoms. The van der Waals surface area contributed by atoms with Crippen LogP contribution in [-0.2, 0) is 4.74 Å². The summed E-state index contributed by atoms with van der Waals surface area (Å²) >= 11 is 0. The summed E-state index contributed by atoms with van der Waals surface area (Å²) in [6.45, 7) is 5.05. The van der Waals surface area contributed by atoms with Crippen LogP contribution < -0.4 is 10.6 Å². The molecular formula is C22H24N4O3. The highest BCUT2D eigenvalue weighted by molar-refractivity contribution is 6.06. The van der Waals surface area contributed by atoms with E-state index in [0.29, 0.717) is 12.1 Å². The van der Waals surface area contributed by atoms with Gasteiger partial charge in [0.25, 0.3) is 11.8 Å². The minimum absolute atomic E-state index is 0.0413. The van der Waals surface area contributed by atoms with Gasteiger partial charge in [-0.3, -0.25) is 14.0 Å². The van der Waals surface area contributed by atoms with Gasteiger partial charge in [-0.25, -0.2) is 4.98 Å². The molecular weight excluding hydrogens is 368 g/mol. The molecule has 1 aliphatic heterocycles. The molecule has 1 aliphatic rings. The monoisotopic (exact) mass is 392 g/mol. The number of ether oxygens (including phenoxy) is 1. The number of anilines is 1. The van der Waals surface area contributed by atoms with Gasteiger partial charge in [0.05, 0.1) is 11.6 Å². The van der Waals surface area contributed by atoms with Crippen molar-refractivity contribution >= 4 is 23.0 Å². The van der Waals surface area contributed by atoms with E-state index in [2.05, 4.69) is 15.6 Å². The summed E-state index contributed by atoms with van der Waals surface area (Å²) in [4.78, 5) is 30.1. The maximum absolute atomic E-state index is 13.0. The van der Waals surface area contributed by atoms with Crippen LogP contribution >= 0.6 is 0 Å². The standard InChI is InChI=1S/C22H24N4O3/c1-14-7-5-8-15(2)18(14)25-22(28)20-24-19(17-10-3-4-11-26(17)20)21(27)23-13-16-9-6-12-29-16/h3-5,7-8,10-11,16H,6,9,12-13H2,1-2H3,(H,23,27)(H,25,28). The molecule has 0 bridgehead atoms. The van der Waals surface area contributed by atoms with Crippen molar-refractivity contribution in [2.75, 3.05) is 18.5 Å². The molecule has 0 radical (unpaired) electrons. The Bertz CT molecular complexity index is 1050. The second kappa shape index (κ2) is 8.05. The van der Waals surface area contributed by atoms with Crippen molar-refractivity contribution in [1.82, 2.24) is 14.7 Å². The predicted molar refractivity (Wildman–Crippen MR) is 110 cm³/mol. The van der Waals surface area contributed by atoms with Gasteiger partial charge in [0.1, 0.15) is 0 Å². The lowest BCUT2D eigenvalue weighted by Crippen LogP contribution is -2.32. The highest BCUT2D eigenvalue weighted by Crippen LogP contribution is 2.21. The summed E-state index contributed by atoms with van der Waals surface area (Å²) < 4.78 is 7.20. The number of para-hydroxylation sites is 1. The number of aromatic nitrogens is 2. The highest BCUT2D eigenvalue weighted by atomic mass is 16.5. The van der Waals surface area contributed by atoms with Gasteiger partial charge >= 0.3 is 0 Å². The van der Waals surface area contributed by atoms with E-state index in [9.17, 15) is 9.59 Å². The summed E-state index contributed by atoms with van der Waals surface area (Å²) in [5.74, 6) is -0.498. The Morgan fingerprint density at radius 2 is 1.93 bits per heavy atom. The van der Waals surface area contributed by atoms with E-state index in [0.717, 1.165) is 36.3 Å². The topological polar surface area (TPSA) is 84.7 Å². The van der Waals surface area contributed by atoms with Crippen molar-refractivity contribution < 1.29 is 14.3 Å². The molecule has 0 saturated carbocycles. The van der Waals surface area contributed by atoms with E-state index in [4.69, 9.17) is 4.74 Å². The summed E-state index contributed by atoms with van der Waals surface area (Å²) in [6.07, 6.45) is 3.72. The number of hydrogen-bond donors (Lipinski definition) is 2. The summed E-state index contributed by atoms with van der Waals surface area (Å²) in [5.41, 5.74) is 3.51. The molecule has 1 fully saturated rings. The molecule has 3 aromatic rings. The zero-order valence-electron chi connectivity index (χ0n) is 16.6. The molecule has 4 rings (SSSR count). The molecule has 3 heterocycles. The van der Waals surface area contributed by atoms with Gasteiger partial charge in [0.2, 0.25) is 5.82 Å². The lowest BCUT2D eigenvalue weighted by molar-refractivity contribution is 0.0855. The molecule has 1 unspecified atom stereocenters. The second-order valence-electron chi connectivity index (χ2n) is 7.31. The van der Waals surface area contributed by atoms with Gasteiger partial charge in [0.15, 0.2) is 5.69 Å². The number of carbonyl (C=O) groups is 2. The molecule has 150 valence electrons. The molecule has 7 heteroatoms. The highest BCUT2D eigenvalue weighted by Gasteiger charge is 2.23. The first-order valence-corrected chi connectivity index (χ1v) is 9.79. The Balaban J connectivity index is 1.61. The Morgan fingerprint density at radius 3 is 2.66 bits per heavy atom. The first-order chi connectivity index (χ1) is 14.0. The third-order valence-corrected chi connectivity index (χ3v) is 5.20. The molecule has 0 spiro atoms. The van der Waals surface area contributed by atoms with Crippen molar-refractivity contribution in [3.63, 3.8) is 0 Å². The third-order valence-electron chi connectivity index (χ3n) is 5.20. The average molecular weight is 392 g/mol. The number of pyridine rings is 1. The smallest absolute Gasteiger partial charge is 0.292 e. The van der Waals surface area contributed by atoms with Gasteiger partial charge in [-0.1, -0.05) is 24.3 Å².